The molecule has 1 atom stereocenters. The number of amides is 1. The Morgan fingerprint density at radius 1 is 1.32 bits per heavy atom. The fourth-order valence-corrected chi connectivity index (χ4v) is 3.28. The molecule has 1 aliphatic rings. The Morgan fingerprint density at radius 3 is 2.64 bits per heavy atom. The lowest BCUT2D eigenvalue weighted by atomic mass is 10.1. The number of carbonyl (C=O) groups is 1. The molecule has 1 fully saturated rings. The molecule has 4 nitrogen and oxygen atoms in total. The SMILES string of the molecule is CSCCC(N)C(=O)N1CCN(Cc2ccccc2Cl)CC1. The average Bonchev–Trinajstić information content (AvgIpc) is 2.55. The van der Waals surface area contributed by atoms with Crippen LogP contribution in [0.5, 0.6) is 0 Å². The highest BCUT2D eigenvalue weighted by Crippen LogP contribution is 2.18. The highest BCUT2D eigenvalue weighted by molar-refractivity contribution is 7.98. The Kier molecular flexibility index (Phi) is 7.02. The number of hydrogen-bond acceptors (Lipinski definition) is 4. The Morgan fingerprint density at radius 2 is 2.00 bits per heavy atom. The van der Waals surface area contributed by atoms with Gasteiger partial charge in [0.15, 0.2) is 0 Å². The molecule has 1 aromatic rings. The molecule has 1 saturated heterocycles. The van der Waals surface area contributed by atoms with Crippen molar-refractivity contribution in [1.29, 1.82) is 0 Å². The summed E-state index contributed by atoms with van der Waals surface area (Å²) in [5, 5.41) is 0.806. The van der Waals surface area contributed by atoms with Gasteiger partial charge < -0.3 is 10.6 Å². The molecule has 1 heterocycles. The maximum Gasteiger partial charge on any atom is 0.239 e. The molecule has 0 saturated carbocycles. The predicted molar refractivity (Wildman–Crippen MR) is 94.3 cm³/mol. The van der Waals surface area contributed by atoms with Gasteiger partial charge in [-0.05, 0) is 30.1 Å². The topological polar surface area (TPSA) is 49.6 Å². The van der Waals surface area contributed by atoms with Gasteiger partial charge in [-0.2, -0.15) is 11.8 Å². The molecule has 0 radical (unpaired) electrons. The molecule has 0 bridgehead atoms. The van der Waals surface area contributed by atoms with Gasteiger partial charge in [-0.25, -0.2) is 0 Å². The Hall–Kier alpha value is -0.750. The van der Waals surface area contributed by atoms with Crippen molar-refractivity contribution < 1.29 is 4.79 Å². The second-order valence-electron chi connectivity index (χ2n) is 5.58. The van der Waals surface area contributed by atoms with Gasteiger partial charge in [-0.3, -0.25) is 9.69 Å². The third-order valence-corrected chi connectivity index (χ3v) is 5.00. The third kappa shape index (κ3) is 4.88. The molecule has 0 aromatic heterocycles. The van der Waals surface area contributed by atoms with Crippen LogP contribution in [0.1, 0.15) is 12.0 Å². The molecular weight excluding hydrogens is 318 g/mol. The molecule has 0 aliphatic carbocycles. The molecule has 0 spiro atoms. The van der Waals surface area contributed by atoms with E-state index in [9.17, 15) is 4.79 Å². The van der Waals surface area contributed by atoms with E-state index in [0.29, 0.717) is 0 Å². The lowest BCUT2D eigenvalue weighted by Crippen LogP contribution is -2.53. The van der Waals surface area contributed by atoms with Crippen LogP contribution in [-0.2, 0) is 11.3 Å². The van der Waals surface area contributed by atoms with E-state index in [-0.39, 0.29) is 11.9 Å². The zero-order valence-electron chi connectivity index (χ0n) is 13.0. The summed E-state index contributed by atoms with van der Waals surface area (Å²) in [6, 6.07) is 7.56. The first-order valence-corrected chi connectivity index (χ1v) is 9.38. The first-order valence-electron chi connectivity index (χ1n) is 7.61. The highest BCUT2D eigenvalue weighted by Gasteiger charge is 2.25. The Labute approximate surface area is 142 Å². The monoisotopic (exact) mass is 341 g/mol. The van der Waals surface area contributed by atoms with Crippen molar-refractivity contribution in [3.8, 4) is 0 Å². The average molecular weight is 342 g/mol. The maximum absolute atomic E-state index is 12.3. The van der Waals surface area contributed by atoms with Crippen molar-refractivity contribution in [2.24, 2.45) is 5.73 Å². The van der Waals surface area contributed by atoms with Crippen LogP contribution < -0.4 is 5.73 Å². The van der Waals surface area contributed by atoms with Gasteiger partial charge in [0.1, 0.15) is 0 Å². The zero-order valence-corrected chi connectivity index (χ0v) is 14.6. The summed E-state index contributed by atoms with van der Waals surface area (Å²) in [6.07, 6.45) is 2.78. The summed E-state index contributed by atoms with van der Waals surface area (Å²) in [5.41, 5.74) is 7.12. The quantitative estimate of drug-likeness (QED) is 0.860. The smallest absolute Gasteiger partial charge is 0.239 e. The number of nitrogens with zero attached hydrogens (tertiary/aromatic N) is 2. The normalized spacial score (nSPS) is 17.5. The highest BCUT2D eigenvalue weighted by atomic mass is 35.5. The Balaban J connectivity index is 1.80. The van der Waals surface area contributed by atoms with E-state index in [1.54, 1.807) is 11.8 Å². The number of nitrogens with two attached hydrogens (primary N) is 1. The van der Waals surface area contributed by atoms with Gasteiger partial charge >= 0.3 is 0 Å². The lowest BCUT2D eigenvalue weighted by Gasteiger charge is -2.36. The third-order valence-electron chi connectivity index (χ3n) is 3.99. The van der Waals surface area contributed by atoms with Crippen molar-refractivity contribution in [3.05, 3.63) is 34.9 Å². The molecule has 22 heavy (non-hydrogen) atoms. The first kappa shape index (κ1) is 17.6. The van der Waals surface area contributed by atoms with Gasteiger partial charge in [-0.1, -0.05) is 29.8 Å². The minimum absolute atomic E-state index is 0.0893. The van der Waals surface area contributed by atoms with Gasteiger partial charge in [0.2, 0.25) is 5.91 Å². The van der Waals surface area contributed by atoms with E-state index in [4.69, 9.17) is 17.3 Å². The van der Waals surface area contributed by atoms with Crippen molar-refractivity contribution in [2.45, 2.75) is 19.0 Å². The van der Waals surface area contributed by atoms with Gasteiger partial charge in [0.25, 0.3) is 0 Å². The van der Waals surface area contributed by atoms with Crippen LogP contribution in [0.15, 0.2) is 24.3 Å². The van der Waals surface area contributed by atoms with Crippen LogP contribution in [0.2, 0.25) is 5.02 Å². The van der Waals surface area contributed by atoms with Crippen molar-refractivity contribution >= 4 is 29.3 Å². The van der Waals surface area contributed by atoms with E-state index in [0.717, 1.165) is 55.5 Å². The van der Waals surface area contributed by atoms with Crippen LogP contribution in [0.4, 0.5) is 0 Å². The van der Waals surface area contributed by atoms with Crippen LogP contribution in [0.25, 0.3) is 0 Å². The molecule has 1 amide bonds. The summed E-state index contributed by atoms with van der Waals surface area (Å²) in [6.45, 7) is 4.06. The van der Waals surface area contributed by atoms with Crippen LogP contribution in [-0.4, -0.2) is 59.9 Å². The molecule has 2 N–H and O–H groups in total. The van der Waals surface area contributed by atoms with Crippen molar-refractivity contribution in [1.82, 2.24) is 9.80 Å². The minimum Gasteiger partial charge on any atom is -0.339 e. The van der Waals surface area contributed by atoms with Crippen LogP contribution in [0, 0.1) is 0 Å². The summed E-state index contributed by atoms with van der Waals surface area (Å²) in [7, 11) is 0. The number of halogens is 1. The molecule has 2 rings (SSSR count). The summed E-state index contributed by atoms with van der Waals surface area (Å²) < 4.78 is 0. The fraction of sp³-hybridized carbons (Fsp3) is 0.562. The Bertz CT molecular complexity index is 492. The van der Waals surface area contributed by atoms with Crippen LogP contribution >= 0.6 is 23.4 Å². The van der Waals surface area contributed by atoms with Crippen molar-refractivity contribution in [2.75, 3.05) is 38.2 Å². The van der Waals surface area contributed by atoms with Crippen LogP contribution in [0.3, 0.4) is 0 Å². The minimum atomic E-state index is -0.359. The lowest BCUT2D eigenvalue weighted by molar-refractivity contribution is -0.134. The van der Waals surface area contributed by atoms with E-state index in [1.165, 1.54) is 0 Å². The summed E-state index contributed by atoms with van der Waals surface area (Å²) in [5.74, 6) is 1.02. The molecule has 122 valence electrons. The second-order valence-corrected chi connectivity index (χ2v) is 6.97. The fourth-order valence-electron chi connectivity index (χ4n) is 2.60. The summed E-state index contributed by atoms with van der Waals surface area (Å²) in [4.78, 5) is 16.5. The van der Waals surface area contributed by atoms with Gasteiger partial charge in [0.05, 0.1) is 6.04 Å². The first-order chi connectivity index (χ1) is 10.6. The number of hydrogen-bond donors (Lipinski definition) is 1. The van der Waals surface area contributed by atoms with Gasteiger partial charge in [-0.15, -0.1) is 0 Å². The standard InChI is InChI=1S/C16H24ClN3OS/c1-22-11-6-15(18)16(21)20-9-7-19(8-10-20)12-13-4-2-3-5-14(13)17/h2-5,15H,6-12,18H2,1H3. The van der Waals surface area contributed by atoms with Crippen molar-refractivity contribution in [3.63, 3.8) is 0 Å². The maximum atomic E-state index is 12.3. The van der Waals surface area contributed by atoms with E-state index in [1.807, 2.05) is 29.4 Å². The molecule has 1 aliphatic heterocycles. The van der Waals surface area contributed by atoms with E-state index < -0.39 is 0 Å². The van der Waals surface area contributed by atoms with Gasteiger partial charge in [0, 0.05) is 37.7 Å². The molecule has 1 unspecified atom stereocenters. The number of thioether (sulfide) groups is 1. The van der Waals surface area contributed by atoms with E-state index in [2.05, 4.69) is 11.0 Å². The molecule has 6 heteroatoms. The number of piperazine rings is 1. The second kappa shape index (κ2) is 8.77. The zero-order chi connectivity index (χ0) is 15.9. The number of benzene rings is 1. The number of carbonyl (C=O) groups excluding carboxylic acids is 1. The van der Waals surface area contributed by atoms with E-state index >= 15 is 0 Å². The largest absolute Gasteiger partial charge is 0.339 e. The number of rotatable bonds is 6. The molecule has 1 aromatic carbocycles. The predicted octanol–water partition coefficient (Wildman–Crippen LogP) is 2.06. The summed E-state index contributed by atoms with van der Waals surface area (Å²) >= 11 is 7.93. The molecular formula is C16H24ClN3OS.